The highest BCUT2D eigenvalue weighted by Gasteiger charge is 2.24. The van der Waals surface area contributed by atoms with Crippen molar-refractivity contribution in [1.29, 1.82) is 0 Å². The first-order valence-electron chi connectivity index (χ1n) is 10.4. The molecule has 2 amide bonds. The molecule has 1 fully saturated rings. The van der Waals surface area contributed by atoms with Crippen molar-refractivity contribution in [2.45, 2.75) is 38.5 Å². The summed E-state index contributed by atoms with van der Waals surface area (Å²) in [6.07, 6.45) is 5.08. The number of anilines is 1. The molecule has 1 N–H and O–H groups in total. The van der Waals surface area contributed by atoms with Crippen LogP contribution in [0.2, 0.25) is 0 Å². The molecular formula is C21H32N4O3. The molecule has 0 spiro atoms. The predicted octanol–water partition coefficient (Wildman–Crippen LogP) is 1.93. The zero-order valence-electron chi connectivity index (χ0n) is 16.9. The SMILES string of the molecule is CN1CCNc2cccc(n2)CCCCN(C(=O)CC2CCOCC2)CC1=O. The van der Waals surface area contributed by atoms with E-state index in [0.717, 1.165) is 56.8 Å². The fourth-order valence-corrected chi connectivity index (χ4v) is 3.70. The van der Waals surface area contributed by atoms with Crippen LogP contribution < -0.4 is 5.32 Å². The second-order valence-electron chi connectivity index (χ2n) is 7.79. The topological polar surface area (TPSA) is 74.8 Å². The number of nitrogens with zero attached hydrogens (tertiary/aromatic N) is 3. The molecule has 2 aliphatic heterocycles. The van der Waals surface area contributed by atoms with Crippen molar-refractivity contribution in [2.75, 3.05) is 51.8 Å². The van der Waals surface area contributed by atoms with E-state index in [2.05, 4.69) is 10.3 Å². The van der Waals surface area contributed by atoms with E-state index in [0.29, 0.717) is 32.0 Å². The van der Waals surface area contributed by atoms with E-state index < -0.39 is 0 Å². The van der Waals surface area contributed by atoms with Gasteiger partial charge in [-0.25, -0.2) is 4.98 Å². The second-order valence-corrected chi connectivity index (χ2v) is 7.79. The normalized spacial score (nSPS) is 20.4. The number of hydrogen-bond donors (Lipinski definition) is 1. The summed E-state index contributed by atoms with van der Waals surface area (Å²) in [5.41, 5.74) is 1.06. The Morgan fingerprint density at radius 2 is 2.07 bits per heavy atom. The zero-order chi connectivity index (χ0) is 19.8. The van der Waals surface area contributed by atoms with Crippen LogP contribution in [0.5, 0.6) is 0 Å². The van der Waals surface area contributed by atoms with Crippen molar-refractivity contribution in [1.82, 2.24) is 14.8 Å². The third-order valence-electron chi connectivity index (χ3n) is 5.58. The Bertz CT molecular complexity index is 661. The molecule has 7 heteroatoms. The summed E-state index contributed by atoms with van der Waals surface area (Å²) < 4.78 is 5.39. The summed E-state index contributed by atoms with van der Waals surface area (Å²) in [5, 5.41) is 3.28. The average molecular weight is 389 g/mol. The van der Waals surface area contributed by atoms with Gasteiger partial charge >= 0.3 is 0 Å². The van der Waals surface area contributed by atoms with Crippen LogP contribution in [-0.4, -0.2) is 73.0 Å². The number of fused-ring (bicyclic) bond motifs is 2. The smallest absolute Gasteiger partial charge is 0.241 e. The van der Waals surface area contributed by atoms with Gasteiger partial charge in [0.05, 0.1) is 6.54 Å². The summed E-state index contributed by atoms with van der Waals surface area (Å²) in [7, 11) is 1.79. The molecule has 1 aromatic rings. The maximum atomic E-state index is 12.9. The van der Waals surface area contributed by atoms with Crippen LogP contribution in [-0.2, 0) is 20.7 Å². The lowest BCUT2D eigenvalue weighted by Gasteiger charge is -2.28. The number of aryl methyl sites for hydroxylation is 1. The number of nitrogens with one attached hydrogen (secondary N) is 1. The molecule has 7 nitrogen and oxygen atoms in total. The number of amides is 2. The van der Waals surface area contributed by atoms with Crippen molar-refractivity contribution in [2.24, 2.45) is 5.92 Å². The Labute approximate surface area is 167 Å². The number of hydrogen-bond acceptors (Lipinski definition) is 5. The number of ether oxygens (including phenoxy) is 1. The van der Waals surface area contributed by atoms with Crippen molar-refractivity contribution < 1.29 is 14.3 Å². The van der Waals surface area contributed by atoms with Gasteiger partial charge in [0.1, 0.15) is 5.82 Å². The summed E-state index contributed by atoms with van der Waals surface area (Å²) in [5.74, 6) is 1.31. The van der Waals surface area contributed by atoms with Crippen LogP contribution in [0.1, 0.15) is 37.8 Å². The number of pyridine rings is 1. The summed E-state index contributed by atoms with van der Waals surface area (Å²) in [6.45, 7) is 3.47. The standard InChI is InChI=1S/C21H32N4O3/c1-24-12-10-22-19-7-4-6-18(23-19)5-2-3-11-25(16-21(24)27)20(26)15-17-8-13-28-14-9-17/h4,6-7,17H,2-3,5,8-16H2,1H3,(H,22,23). The Balaban J connectivity index is 1.64. The van der Waals surface area contributed by atoms with Gasteiger partial charge in [0.25, 0.3) is 0 Å². The van der Waals surface area contributed by atoms with Crippen LogP contribution in [0, 0.1) is 5.92 Å². The lowest BCUT2D eigenvalue weighted by molar-refractivity contribution is -0.140. The van der Waals surface area contributed by atoms with Crippen LogP contribution in [0.25, 0.3) is 0 Å². The van der Waals surface area contributed by atoms with Crippen molar-refractivity contribution >= 4 is 17.6 Å². The molecule has 0 atom stereocenters. The van der Waals surface area contributed by atoms with Crippen molar-refractivity contribution in [3.05, 3.63) is 23.9 Å². The number of carbonyl (C=O) groups excluding carboxylic acids is 2. The summed E-state index contributed by atoms with van der Waals surface area (Å²) in [4.78, 5) is 33.6. The average Bonchev–Trinajstić information content (AvgIpc) is 2.70. The van der Waals surface area contributed by atoms with E-state index in [9.17, 15) is 9.59 Å². The molecule has 0 radical (unpaired) electrons. The number of rotatable bonds is 2. The summed E-state index contributed by atoms with van der Waals surface area (Å²) in [6, 6.07) is 6.00. The van der Waals surface area contributed by atoms with Gasteiger partial charge in [-0.1, -0.05) is 6.07 Å². The maximum Gasteiger partial charge on any atom is 0.241 e. The van der Waals surface area contributed by atoms with Gasteiger partial charge in [0, 0.05) is 52.0 Å². The lowest BCUT2D eigenvalue weighted by Crippen LogP contribution is -2.43. The number of carbonyl (C=O) groups is 2. The van der Waals surface area contributed by atoms with E-state index >= 15 is 0 Å². The Kier molecular flexibility index (Phi) is 7.65. The van der Waals surface area contributed by atoms with E-state index in [1.165, 1.54) is 0 Å². The predicted molar refractivity (Wildman–Crippen MR) is 108 cm³/mol. The molecule has 2 bridgehead atoms. The zero-order valence-corrected chi connectivity index (χ0v) is 16.9. The third kappa shape index (κ3) is 6.19. The maximum absolute atomic E-state index is 12.9. The monoisotopic (exact) mass is 388 g/mol. The minimum absolute atomic E-state index is 0.0131. The molecule has 3 rings (SSSR count). The first-order chi connectivity index (χ1) is 13.6. The third-order valence-corrected chi connectivity index (χ3v) is 5.58. The van der Waals surface area contributed by atoms with Crippen LogP contribution in [0.3, 0.4) is 0 Å². The Morgan fingerprint density at radius 1 is 1.25 bits per heavy atom. The molecule has 0 aromatic carbocycles. The first kappa shape index (κ1) is 20.6. The number of likely N-dealkylation sites (N-methyl/N-ethyl adjacent to an activating group) is 1. The van der Waals surface area contributed by atoms with Crippen molar-refractivity contribution in [3.63, 3.8) is 0 Å². The molecule has 154 valence electrons. The van der Waals surface area contributed by atoms with E-state index in [4.69, 9.17) is 4.74 Å². The van der Waals surface area contributed by atoms with E-state index in [1.807, 2.05) is 18.2 Å². The highest BCUT2D eigenvalue weighted by Crippen LogP contribution is 2.20. The van der Waals surface area contributed by atoms with Gasteiger partial charge in [-0.3, -0.25) is 9.59 Å². The van der Waals surface area contributed by atoms with E-state index in [1.54, 1.807) is 16.8 Å². The number of aromatic nitrogens is 1. The minimum atomic E-state index is -0.0131. The molecule has 3 heterocycles. The van der Waals surface area contributed by atoms with Gasteiger partial charge in [0.2, 0.25) is 11.8 Å². The van der Waals surface area contributed by atoms with Gasteiger partial charge in [-0.05, 0) is 50.2 Å². The molecule has 1 saturated heterocycles. The molecule has 0 aliphatic carbocycles. The van der Waals surface area contributed by atoms with Crippen LogP contribution in [0.15, 0.2) is 18.2 Å². The van der Waals surface area contributed by atoms with Gasteiger partial charge in [0.15, 0.2) is 0 Å². The quantitative estimate of drug-likeness (QED) is 0.838. The molecular weight excluding hydrogens is 356 g/mol. The molecule has 1 aromatic heterocycles. The Morgan fingerprint density at radius 3 is 2.89 bits per heavy atom. The minimum Gasteiger partial charge on any atom is -0.381 e. The molecule has 28 heavy (non-hydrogen) atoms. The molecule has 2 aliphatic rings. The fraction of sp³-hybridized carbons (Fsp3) is 0.667. The molecule has 0 unspecified atom stereocenters. The second kappa shape index (κ2) is 10.4. The van der Waals surface area contributed by atoms with Gasteiger partial charge < -0.3 is 19.9 Å². The van der Waals surface area contributed by atoms with Crippen LogP contribution in [0.4, 0.5) is 5.82 Å². The van der Waals surface area contributed by atoms with Crippen molar-refractivity contribution in [3.8, 4) is 0 Å². The highest BCUT2D eigenvalue weighted by atomic mass is 16.5. The van der Waals surface area contributed by atoms with Gasteiger partial charge in [-0.2, -0.15) is 0 Å². The highest BCUT2D eigenvalue weighted by molar-refractivity contribution is 5.84. The Hall–Kier alpha value is -2.15. The fourth-order valence-electron chi connectivity index (χ4n) is 3.70. The van der Waals surface area contributed by atoms with Gasteiger partial charge in [-0.15, -0.1) is 0 Å². The lowest BCUT2D eigenvalue weighted by atomic mass is 9.96. The molecule has 0 saturated carbocycles. The van der Waals surface area contributed by atoms with E-state index in [-0.39, 0.29) is 18.4 Å². The van der Waals surface area contributed by atoms with Crippen LogP contribution >= 0.6 is 0 Å². The first-order valence-corrected chi connectivity index (χ1v) is 10.4. The largest absolute Gasteiger partial charge is 0.381 e. The summed E-state index contributed by atoms with van der Waals surface area (Å²) >= 11 is 0.